The van der Waals surface area contributed by atoms with Gasteiger partial charge in [-0.2, -0.15) is 0 Å². The molecule has 0 aliphatic heterocycles. The Morgan fingerprint density at radius 2 is 1.62 bits per heavy atom. The van der Waals surface area contributed by atoms with Gasteiger partial charge in [0.2, 0.25) is 11.0 Å². The van der Waals surface area contributed by atoms with Crippen molar-refractivity contribution >= 4 is 34.1 Å². The van der Waals surface area contributed by atoms with E-state index in [0.29, 0.717) is 46.0 Å². The molecule has 0 bridgehead atoms. The summed E-state index contributed by atoms with van der Waals surface area (Å²) in [5, 5.41) is 15.1. The zero-order valence-electron chi connectivity index (χ0n) is 22.5. The van der Waals surface area contributed by atoms with Gasteiger partial charge < -0.3 is 29.7 Å². The minimum absolute atomic E-state index is 0.0811. The molecule has 0 radical (unpaired) electrons. The van der Waals surface area contributed by atoms with E-state index in [4.69, 9.17) is 14.2 Å². The molecule has 0 saturated heterocycles. The zero-order valence-corrected chi connectivity index (χ0v) is 23.4. The molecule has 0 unspecified atom stereocenters. The number of carbonyl (C=O) groups excluding carboxylic acids is 2. The van der Waals surface area contributed by atoms with E-state index in [1.807, 2.05) is 48.5 Å². The first-order chi connectivity index (χ1) is 19.5. The second-order valence-corrected chi connectivity index (χ2v) is 9.64. The van der Waals surface area contributed by atoms with Gasteiger partial charge in [0.1, 0.15) is 10.8 Å². The fraction of sp³-hybridized carbons (Fsp3) is 0.241. The Labute approximate surface area is 236 Å². The van der Waals surface area contributed by atoms with Crippen molar-refractivity contribution in [2.75, 3.05) is 45.1 Å². The molecule has 0 aliphatic carbocycles. The van der Waals surface area contributed by atoms with Gasteiger partial charge in [-0.25, -0.2) is 4.79 Å². The van der Waals surface area contributed by atoms with E-state index in [2.05, 4.69) is 20.8 Å². The molecule has 208 valence electrons. The average Bonchev–Trinajstić information content (AvgIpc) is 3.45. The van der Waals surface area contributed by atoms with Crippen molar-refractivity contribution in [3.05, 3.63) is 78.4 Å². The van der Waals surface area contributed by atoms with Gasteiger partial charge in [-0.1, -0.05) is 53.8 Å². The molecular weight excluding hydrogens is 530 g/mol. The predicted octanol–water partition coefficient (Wildman–Crippen LogP) is 5.34. The van der Waals surface area contributed by atoms with Crippen LogP contribution in [0.4, 0.5) is 15.6 Å². The number of carbonyl (C=O) groups is 2. The minimum atomic E-state index is -0.330. The molecule has 0 saturated carbocycles. The lowest BCUT2D eigenvalue weighted by atomic mass is 10.1. The first-order valence-corrected chi connectivity index (χ1v) is 13.4. The van der Waals surface area contributed by atoms with Gasteiger partial charge in [-0.15, -0.1) is 10.2 Å². The quantitative estimate of drug-likeness (QED) is 0.240. The third-order valence-electron chi connectivity index (χ3n) is 6.03. The van der Waals surface area contributed by atoms with Crippen molar-refractivity contribution in [2.45, 2.75) is 12.8 Å². The molecule has 1 aromatic heterocycles. The number of anilines is 2. The lowest BCUT2D eigenvalue weighted by Gasteiger charge is -2.23. The van der Waals surface area contributed by atoms with Crippen LogP contribution < -0.4 is 24.8 Å². The van der Waals surface area contributed by atoms with Gasteiger partial charge in [0.25, 0.3) is 0 Å². The maximum Gasteiger partial charge on any atom is 0.321 e. The normalized spacial score (nSPS) is 10.5. The van der Waals surface area contributed by atoms with Gasteiger partial charge in [-0.05, 0) is 36.2 Å². The second kappa shape index (κ2) is 13.9. The molecule has 0 spiro atoms. The van der Waals surface area contributed by atoms with Crippen LogP contribution in [0.5, 0.6) is 17.2 Å². The van der Waals surface area contributed by atoms with Gasteiger partial charge in [0.05, 0.1) is 21.3 Å². The first kappa shape index (κ1) is 28.4. The Morgan fingerprint density at radius 1 is 0.825 bits per heavy atom. The predicted molar refractivity (Wildman–Crippen MR) is 155 cm³/mol. The van der Waals surface area contributed by atoms with Crippen LogP contribution in [0.3, 0.4) is 0 Å². The molecule has 4 rings (SSSR count). The standard InChI is InChI=1S/C29H31N5O5S/c1-37-23-11-7-10-22(19-23)30-29(36)34(16-14-20-12-13-24(38-2)25(18-20)39-3)17-15-26(35)31-28-33-32-27(40-28)21-8-5-4-6-9-21/h4-13,18-19H,14-17H2,1-3H3,(H,30,36)(H,31,33,35). The Hall–Kier alpha value is -4.64. The van der Waals surface area contributed by atoms with Crippen LogP contribution in [0.15, 0.2) is 72.8 Å². The van der Waals surface area contributed by atoms with Crippen LogP contribution in [0.1, 0.15) is 12.0 Å². The molecule has 3 amide bonds. The third-order valence-corrected chi connectivity index (χ3v) is 6.92. The highest BCUT2D eigenvalue weighted by atomic mass is 32.1. The maximum absolute atomic E-state index is 13.3. The number of methoxy groups -OCH3 is 3. The van der Waals surface area contributed by atoms with Crippen LogP contribution in [-0.4, -0.2) is 61.5 Å². The Morgan fingerprint density at radius 3 is 2.38 bits per heavy atom. The Kier molecular flexibility index (Phi) is 9.89. The molecule has 3 aromatic carbocycles. The number of hydrogen-bond donors (Lipinski definition) is 2. The fourth-order valence-corrected chi connectivity index (χ4v) is 4.67. The van der Waals surface area contributed by atoms with Gasteiger partial charge >= 0.3 is 6.03 Å². The number of urea groups is 1. The van der Waals surface area contributed by atoms with Crippen molar-refractivity contribution in [3.8, 4) is 27.8 Å². The molecule has 0 fully saturated rings. The molecule has 40 heavy (non-hydrogen) atoms. The number of hydrogen-bond acceptors (Lipinski definition) is 8. The summed E-state index contributed by atoms with van der Waals surface area (Å²) in [5.41, 5.74) is 2.48. The fourth-order valence-electron chi connectivity index (χ4n) is 3.91. The highest BCUT2D eigenvalue weighted by Crippen LogP contribution is 2.28. The van der Waals surface area contributed by atoms with Crippen LogP contribution in [-0.2, 0) is 11.2 Å². The number of ether oxygens (including phenoxy) is 3. The topological polar surface area (TPSA) is 115 Å². The number of benzene rings is 3. The molecular formula is C29H31N5O5S. The lowest BCUT2D eigenvalue weighted by Crippen LogP contribution is -2.38. The lowest BCUT2D eigenvalue weighted by molar-refractivity contribution is -0.116. The number of nitrogens with zero attached hydrogens (tertiary/aromatic N) is 3. The Bertz CT molecular complexity index is 1430. The molecule has 11 heteroatoms. The summed E-state index contributed by atoms with van der Waals surface area (Å²) in [5.74, 6) is 1.60. The molecule has 4 aromatic rings. The van der Waals surface area contributed by atoms with Gasteiger partial charge in [0.15, 0.2) is 11.5 Å². The SMILES string of the molecule is COc1cccc(NC(=O)N(CCC(=O)Nc2nnc(-c3ccccc3)s2)CCc2ccc(OC)c(OC)c2)c1. The first-order valence-electron chi connectivity index (χ1n) is 12.6. The summed E-state index contributed by atoms with van der Waals surface area (Å²) in [6.07, 6.45) is 0.627. The van der Waals surface area contributed by atoms with Crippen molar-refractivity contribution in [1.29, 1.82) is 0 Å². The number of nitrogens with one attached hydrogen (secondary N) is 2. The van der Waals surface area contributed by atoms with E-state index in [1.54, 1.807) is 50.5 Å². The van der Waals surface area contributed by atoms with Crippen molar-refractivity contribution in [3.63, 3.8) is 0 Å². The molecule has 0 aliphatic rings. The smallest absolute Gasteiger partial charge is 0.321 e. The van der Waals surface area contributed by atoms with E-state index in [9.17, 15) is 9.59 Å². The molecule has 10 nitrogen and oxygen atoms in total. The van der Waals surface area contributed by atoms with E-state index in [-0.39, 0.29) is 24.9 Å². The van der Waals surface area contributed by atoms with Crippen LogP contribution >= 0.6 is 11.3 Å². The highest BCUT2D eigenvalue weighted by Gasteiger charge is 2.17. The van der Waals surface area contributed by atoms with Gasteiger partial charge in [0, 0.05) is 36.8 Å². The maximum atomic E-state index is 13.3. The summed E-state index contributed by atoms with van der Waals surface area (Å²) >= 11 is 1.29. The molecule has 1 heterocycles. The number of amides is 3. The molecule has 2 N–H and O–H groups in total. The monoisotopic (exact) mass is 561 g/mol. The molecule has 0 atom stereocenters. The highest BCUT2D eigenvalue weighted by molar-refractivity contribution is 7.18. The van der Waals surface area contributed by atoms with Crippen LogP contribution in [0, 0.1) is 0 Å². The number of aromatic nitrogens is 2. The van der Waals surface area contributed by atoms with Crippen molar-refractivity contribution in [2.24, 2.45) is 0 Å². The van der Waals surface area contributed by atoms with E-state index in [0.717, 1.165) is 11.1 Å². The average molecular weight is 562 g/mol. The van der Waals surface area contributed by atoms with Crippen LogP contribution in [0.25, 0.3) is 10.6 Å². The summed E-state index contributed by atoms with van der Waals surface area (Å²) in [6, 6.07) is 22.0. The Balaban J connectivity index is 1.41. The van der Waals surface area contributed by atoms with Crippen molar-refractivity contribution < 1.29 is 23.8 Å². The zero-order chi connectivity index (χ0) is 28.3. The van der Waals surface area contributed by atoms with E-state index in [1.165, 1.54) is 11.3 Å². The summed E-state index contributed by atoms with van der Waals surface area (Å²) in [4.78, 5) is 27.6. The summed E-state index contributed by atoms with van der Waals surface area (Å²) in [6.45, 7) is 0.564. The summed E-state index contributed by atoms with van der Waals surface area (Å²) in [7, 11) is 4.72. The largest absolute Gasteiger partial charge is 0.497 e. The van der Waals surface area contributed by atoms with Crippen LogP contribution in [0.2, 0.25) is 0 Å². The van der Waals surface area contributed by atoms with Crippen molar-refractivity contribution in [1.82, 2.24) is 15.1 Å². The van der Waals surface area contributed by atoms with E-state index < -0.39 is 0 Å². The third kappa shape index (κ3) is 7.70. The van der Waals surface area contributed by atoms with E-state index >= 15 is 0 Å². The minimum Gasteiger partial charge on any atom is -0.497 e. The second-order valence-electron chi connectivity index (χ2n) is 8.67. The summed E-state index contributed by atoms with van der Waals surface area (Å²) < 4.78 is 16.0. The van der Waals surface area contributed by atoms with Gasteiger partial charge in [-0.3, -0.25) is 4.79 Å². The number of rotatable bonds is 12.